The lowest BCUT2D eigenvalue weighted by molar-refractivity contribution is -0.124. The van der Waals surface area contributed by atoms with Gasteiger partial charge in [-0.2, -0.15) is 0 Å². The van der Waals surface area contributed by atoms with Gasteiger partial charge in [0.05, 0.1) is 12.2 Å². The summed E-state index contributed by atoms with van der Waals surface area (Å²) in [5.74, 6) is -0.121. The lowest BCUT2D eigenvalue weighted by atomic mass is 10.2. The summed E-state index contributed by atoms with van der Waals surface area (Å²) in [6, 6.07) is -0.0495. The second kappa shape index (κ2) is 6.62. The van der Waals surface area contributed by atoms with Gasteiger partial charge in [0.15, 0.2) is 5.13 Å². The van der Waals surface area contributed by atoms with Crippen molar-refractivity contribution in [2.24, 2.45) is 0 Å². The first-order valence-electron chi connectivity index (χ1n) is 7.61. The molecule has 22 heavy (non-hydrogen) atoms. The summed E-state index contributed by atoms with van der Waals surface area (Å²) < 4.78 is 5.37. The van der Waals surface area contributed by atoms with Crippen molar-refractivity contribution in [3.05, 3.63) is 10.6 Å². The van der Waals surface area contributed by atoms with Gasteiger partial charge in [-0.3, -0.25) is 10.1 Å². The molecule has 1 atom stereocenters. The number of aromatic nitrogens is 1. The maximum absolute atomic E-state index is 12.0. The minimum atomic E-state index is -0.354. The normalized spacial score (nSPS) is 20.6. The van der Waals surface area contributed by atoms with E-state index in [9.17, 15) is 9.59 Å². The molecule has 3 rings (SSSR count). The maximum atomic E-state index is 12.0. The molecule has 1 aromatic heterocycles. The first-order valence-corrected chi connectivity index (χ1v) is 8.43. The molecule has 7 nitrogen and oxygen atoms in total. The number of anilines is 1. The standard InChI is InChI=1S/C14H20N4O3S/c1-2-15-14(20)18-6-5-9-11(8-18)22-13(16-9)17-12(19)10-4-3-7-21-10/h10H,2-8H2,1H3,(H,15,20)(H,16,17,19). The number of carbonyl (C=O) groups is 2. The van der Waals surface area contributed by atoms with Crippen LogP contribution in [0.5, 0.6) is 0 Å². The fourth-order valence-corrected chi connectivity index (χ4v) is 3.68. The number of thiazole rings is 1. The smallest absolute Gasteiger partial charge is 0.317 e. The summed E-state index contributed by atoms with van der Waals surface area (Å²) in [4.78, 5) is 31.2. The zero-order valence-electron chi connectivity index (χ0n) is 12.6. The van der Waals surface area contributed by atoms with Crippen LogP contribution in [0.1, 0.15) is 30.3 Å². The molecular formula is C14H20N4O3S. The van der Waals surface area contributed by atoms with Gasteiger partial charge in [0.25, 0.3) is 5.91 Å². The van der Waals surface area contributed by atoms with E-state index in [1.54, 1.807) is 4.90 Å². The highest BCUT2D eigenvalue weighted by atomic mass is 32.1. The Kier molecular flexibility index (Phi) is 4.58. The zero-order valence-corrected chi connectivity index (χ0v) is 13.4. The average Bonchev–Trinajstić information content (AvgIpc) is 3.15. The minimum absolute atomic E-state index is 0.0495. The SMILES string of the molecule is CCNC(=O)N1CCc2nc(NC(=O)C3CCCO3)sc2C1. The number of hydrogen-bond acceptors (Lipinski definition) is 5. The molecule has 0 radical (unpaired) electrons. The molecule has 2 aliphatic rings. The third-order valence-electron chi connectivity index (χ3n) is 3.80. The van der Waals surface area contributed by atoms with Crippen molar-refractivity contribution >= 4 is 28.4 Å². The molecule has 1 fully saturated rings. The first kappa shape index (κ1) is 15.2. The highest BCUT2D eigenvalue weighted by Crippen LogP contribution is 2.28. The van der Waals surface area contributed by atoms with Crippen molar-refractivity contribution in [1.82, 2.24) is 15.2 Å². The fourth-order valence-electron chi connectivity index (χ4n) is 2.66. The van der Waals surface area contributed by atoms with Crippen molar-refractivity contribution in [3.8, 4) is 0 Å². The molecule has 0 spiro atoms. The van der Waals surface area contributed by atoms with Crippen LogP contribution in [0.25, 0.3) is 0 Å². The second-order valence-corrected chi connectivity index (χ2v) is 6.47. The highest BCUT2D eigenvalue weighted by Gasteiger charge is 2.27. The Hall–Kier alpha value is -1.67. The van der Waals surface area contributed by atoms with Crippen LogP contribution in [0, 0.1) is 0 Å². The van der Waals surface area contributed by atoms with Gasteiger partial charge in [0.2, 0.25) is 0 Å². The van der Waals surface area contributed by atoms with E-state index in [1.807, 2.05) is 6.92 Å². The van der Waals surface area contributed by atoms with Crippen molar-refractivity contribution in [1.29, 1.82) is 0 Å². The molecule has 2 N–H and O–H groups in total. The van der Waals surface area contributed by atoms with E-state index < -0.39 is 0 Å². The molecule has 3 amide bonds. The van der Waals surface area contributed by atoms with Gasteiger partial charge in [0, 0.05) is 31.0 Å². The van der Waals surface area contributed by atoms with Crippen LogP contribution in [0.2, 0.25) is 0 Å². The summed E-state index contributed by atoms with van der Waals surface area (Å²) in [6.45, 7) is 4.37. The van der Waals surface area contributed by atoms with Crippen molar-refractivity contribution in [2.45, 2.75) is 38.8 Å². The van der Waals surface area contributed by atoms with E-state index >= 15 is 0 Å². The number of urea groups is 1. The predicted molar refractivity (Wildman–Crippen MR) is 82.9 cm³/mol. The van der Waals surface area contributed by atoms with Gasteiger partial charge in [-0.25, -0.2) is 9.78 Å². The Morgan fingerprint density at radius 2 is 2.36 bits per heavy atom. The van der Waals surface area contributed by atoms with Crippen molar-refractivity contribution in [2.75, 3.05) is 25.0 Å². The Morgan fingerprint density at radius 3 is 3.09 bits per heavy atom. The van der Waals surface area contributed by atoms with Crippen LogP contribution in [-0.4, -0.2) is 47.6 Å². The summed E-state index contributed by atoms with van der Waals surface area (Å²) in [6.07, 6.45) is 2.06. The van der Waals surface area contributed by atoms with Gasteiger partial charge in [0.1, 0.15) is 6.10 Å². The molecular weight excluding hydrogens is 304 g/mol. The first-order chi connectivity index (χ1) is 10.7. The number of hydrogen-bond donors (Lipinski definition) is 2. The van der Waals surface area contributed by atoms with Crippen LogP contribution in [-0.2, 0) is 22.5 Å². The van der Waals surface area contributed by atoms with Gasteiger partial charge in [-0.15, -0.1) is 0 Å². The second-order valence-electron chi connectivity index (χ2n) is 5.39. The largest absolute Gasteiger partial charge is 0.368 e. The van der Waals surface area contributed by atoms with Crippen LogP contribution in [0.15, 0.2) is 0 Å². The van der Waals surface area contributed by atoms with E-state index in [0.717, 1.165) is 29.8 Å². The Bertz CT molecular complexity index is 568. The van der Waals surface area contributed by atoms with Crippen LogP contribution < -0.4 is 10.6 Å². The third kappa shape index (κ3) is 3.22. The van der Waals surface area contributed by atoms with Crippen LogP contribution >= 0.6 is 11.3 Å². The molecule has 3 heterocycles. The van der Waals surface area contributed by atoms with Gasteiger partial charge in [-0.05, 0) is 19.8 Å². The fraction of sp³-hybridized carbons (Fsp3) is 0.643. The number of nitrogens with one attached hydrogen (secondary N) is 2. The topological polar surface area (TPSA) is 83.6 Å². The molecule has 2 aliphatic heterocycles. The van der Waals surface area contributed by atoms with Crippen LogP contribution in [0.4, 0.5) is 9.93 Å². The Morgan fingerprint density at radius 1 is 1.50 bits per heavy atom. The van der Waals surface area contributed by atoms with Crippen LogP contribution in [0.3, 0.4) is 0 Å². The van der Waals surface area contributed by atoms with E-state index in [2.05, 4.69) is 15.6 Å². The molecule has 0 aromatic carbocycles. The third-order valence-corrected chi connectivity index (χ3v) is 4.80. The molecule has 1 saturated heterocycles. The lowest BCUT2D eigenvalue weighted by Crippen LogP contribution is -2.42. The van der Waals surface area contributed by atoms with Gasteiger partial charge in [-0.1, -0.05) is 11.3 Å². The number of carbonyl (C=O) groups excluding carboxylic acids is 2. The van der Waals surface area contributed by atoms with Gasteiger partial charge >= 0.3 is 6.03 Å². The maximum Gasteiger partial charge on any atom is 0.317 e. The Balaban J connectivity index is 1.63. The molecule has 0 aliphatic carbocycles. The summed E-state index contributed by atoms with van der Waals surface area (Å²) in [7, 11) is 0. The Labute approximate surface area is 133 Å². The number of amides is 3. The highest BCUT2D eigenvalue weighted by molar-refractivity contribution is 7.15. The number of ether oxygens (including phenoxy) is 1. The van der Waals surface area contributed by atoms with E-state index in [1.165, 1.54) is 11.3 Å². The molecule has 120 valence electrons. The molecule has 0 saturated carbocycles. The summed E-state index contributed by atoms with van der Waals surface area (Å²) in [5.41, 5.74) is 0.980. The van der Waals surface area contributed by atoms with Crippen molar-refractivity contribution < 1.29 is 14.3 Å². The summed E-state index contributed by atoms with van der Waals surface area (Å²) in [5, 5.41) is 6.24. The van der Waals surface area contributed by atoms with E-state index in [0.29, 0.717) is 31.4 Å². The molecule has 1 unspecified atom stereocenters. The number of rotatable bonds is 3. The van der Waals surface area contributed by atoms with Gasteiger partial charge < -0.3 is 15.0 Å². The monoisotopic (exact) mass is 324 g/mol. The predicted octanol–water partition coefficient (Wildman–Crippen LogP) is 1.35. The molecule has 8 heteroatoms. The quantitative estimate of drug-likeness (QED) is 0.879. The summed E-state index contributed by atoms with van der Waals surface area (Å²) >= 11 is 1.44. The molecule has 1 aromatic rings. The zero-order chi connectivity index (χ0) is 15.5. The molecule has 0 bridgehead atoms. The lowest BCUT2D eigenvalue weighted by Gasteiger charge is -2.25. The minimum Gasteiger partial charge on any atom is -0.368 e. The van der Waals surface area contributed by atoms with E-state index in [-0.39, 0.29) is 18.0 Å². The number of fused-ring (bicyclic) bond motifs is 1. The number of nitrogens with zero attached hydrogens (tertiary/aromatic N) is 2. The van der Waals surface area contributed by atoms with E-state index in [4.69, 9.17) is 4.74 Å². The average molecular weight is 324 g/mol. The van der Waals surface area contributed by atoms with Crippen molar-refractivity contribution in [3.63, 3.8) is 0 Å².